The van der Waals surface area contributed by atoms with Gasteiger partial charge in [0.1, 0.15) is 36.2 Å². The van der Waals surface area contributed by atoms with Gasteiger partial charge in [0.15, 0.2) is 0 Å². The first-order valence-electron chi connectivity index (χ1n) is 10.7. The number of benzene rings is 2. The Hall–Kier alpha value is -2.44. The Morgan fingerprint density at radius 2 is 1.43 bits per heavy atom. The molecule has 1 aliphatic carbocycles. The first-order valence-corrected chi connectivity index (χ1v) is 10.7. The van der Waals surface area contributed by atoms with Crippen LogP contribution in [0.4, 0.5) is 0 Å². The summed E-state index contributed by atoms with van der Waals surface area (Å²) in [5.74, 6) is 3.04. The van der Waals surface area contributed by atoms with E-state index < -0.39 is 0 Å². The lowest BCUT2D eigenvalue weighted by molar-refractivity contribution is 0.100. The number of rotatable bonds is 13. The Labute approximate surface area is 179 Å². The van der Waals surface area contributed by atoms with E-state index in [-0.39, 0.29) is 0 Å². The molecule has 0 radical (unpaired) electrons. The van der Waals surface area contributed by atoms with Crippen molar-refractivity contribution in [2.75, 3.05) is 40.6 Å². The monoisotopic (exact) mass is 415 g/mol. The van der Waals surface area contributed by atoms with Crippen LogP contribution in [0, 0.1) is 0 Å². The van der Waals surface area contributed by atoms with E-state index in [1.54, 1.807) is 14.2 Å². The average Bonchev–Trinajstić information content (AvgIpc) is 3.31. The van der Waals surface area contributed by atoms with Gasteiger partial charge in [0.05, 0.1) is 33.0 Å². The molecule has 0 saturated heterocycles. The molecule has 0 amide bonds. The van der Waals surface area contributed by atoms with Crippen molar-refractivity contribution in [1.82, 2.24) is 5.32 Å². The number of ether oxygens (including phenoxy) is 5. The van der Waals surface area contributed by atoms with Crippen molar-refractivity contribution in [3.8, 4) is 23.0 Å². The standard InChI is InChI=1S/C24H33NO5/c1-26-23-8-5-9-24(27-2)22(23)18-30-21-12-10-20(11-13-21)29-17-16-28-15-14-25-19-6-3-4-7-19/h5,8-13,19,25H,3-4,6-7,14-18H2,1-2H3. The Balaban J connectivity index is 1.34. The zero-order valence-corrected chi connectivity index (χ0v) is 18.0. The second kappa shape index (κ2) is 12.3. The molecule has 1 aliphatic rings. The third kappa shape index (κ3) is 6.82. The summed E-state index contributed by atoms with van der Waals surface area (Å²) in [5.41, 5.74) is 0.877. The minimum absolute atomic E-state index is 0.357. The van der Waals surface area contributed by atoms with Crippen molar-refractivity contribution >= 4 is 0 Å². The molecule has 164 valence electrons. The summed E-state index contributed by atoms with van der Waals surface area (Å²) in [6, 6.07) is 14.0. The molecule has 0 aliphatic heterocycles. The topological polar surface area (TPSA) is 58.2 Å². The van der Waals surface area contributed by atoms with E-state index in [0.717, 1.165) is 41.7 Å². The van der Waals surface area contributed by atoms with Crippen LogP contribution in [-0.2, 0) is 11.3 Å². The van der Waals surface area contributed by atoms with Gasteiger partial charge in [-0.1, -0.05) is 18.9 Å². The first kappa shape index (κ1) is 22.2. The van der Waals surface area contributed by atoms with E-state index in [0.29, 0.717) is 25.9 Å². The number of nitrogens with one attached hydrogen (secondary N) is 1. The highest BCUT2D eigenvalue weighted by atomic mass is 16.5. The Morgan fingerprint density at radius 1 is 0.800 bits per heavy atom. The van der Waals surface area contributed by atoms with Gasteiger partial charge in [-0.3, -0.25) is 0 Å². The van der Waals surface area contributed by atoms with Crippen molar-refractivity contribution in [1.29, 1.82) is 0 Å². The van der Waals surface area contributed by atoms with Crippen LogP contribution in [0.2, 0.25) is 0 Å². The predicted molar refractivity (Wildman–Crippen MR) is 117 cm³/mol. The van der Waals surface area contributed by atoms with Gasteiger partial charge in [-0.05, 0) is 49.2 Å². The van der Waals surface area contributed by atoms with Gasteiger partial charge in [0.2, 0.25) is 0 Å². The van der Waals surface area contributed by atoms with Crippen LogP contribution in [0.3, 0.4) is 0 Å². The van der Waals surface area contributed by atoms with Crippen LogP contribution in [0.15, 0.2) is 42.5 Å². The molecule has 6 heteroatoms. The summed E-state index contributed by atoms with van der Waals surface area (Å²) in [4.78, 5) is 0. The zero-order valence-electron chi connectivity index (χ0n) is 18.0. The summed E-state index contributed by atoms with van der Waals surface area (Å²) in [6.45, 7) is 3.10. The van der Waals surface area contributed by atoms with Gasteiger partial charge in [-0.15, -0.1) is 0 Å². The highest BCUT2D eigenvalue weighted by molar-refractivity contribution is 5.44. The SMILES string of the molecule is COc1cccc(OC)c1COc1ccc(OCCOCCNC2CCCC2)cc1. The molecule has 1 saturated carbocycles. The highest BCUT2D eigenvalue weighted by Gasteiger charge is 2.13. The predicted octanol–water partition coefficient (Wildman–Crippen LogP) is 4.21. The molecule has 6 nitrogen and oxygen atoms in total. The van der Waals surface area contributed by atoms with E-state index in [2.05, 4.69) is 5.32 Å². The second-order valence-electron chi connectivity index (χ2n) is 7.30. The maximum atomic E-state index is 5.90. The second-order valence-corrected chi connectivity index (χ2v) is 7.30. The third-order valence-corrected chi connectivity index (χ3v) is 5.27. The molecule has 1 fully saturated rings. The number of hydrogen-bond acceptors (Lipinski definition) is 6. The lowest BCUT2D eigenvalue weighted by Crippen LogP contribution is -2.29. The molecule has 0 heterocycles. The molecule has 0 atom stereocenters. The fourth-order valence-electron chi connectivity index (χ4n) is 3.64. The number of methoxy groups -OCH3 is 2. The molecule has 0 aromatic heterocycles. The summed E-state index contributed by atoms with van der Waals surface area (Å²) < 4.78 is 28.1. The Kier molecular flexibility index (Phi) is 9.12. The molecular formula is C24H33NO5. The molecule has 3 rings (SSSR count). The largest absolute Gasteiger partial charge is 0.496 e. The van der Waals surface area contributed by atoms with Gasteiger partial charge in [0, 0.05) is 12.6 Å². The van der Waals surface area contributed by atoms with Crippen LogP contribution in [-0.4, -0.2) is 46.6 Å². The van der Waals surface area contributed by atoms with Crippen LogP contribution in [0.25, 0.3) is 0 Å². The van der Waals surface area contributed by atoms with Crippen molar-refractivity contribution < 1.29 is 23.7 Å². The minimum atomic E-state index is 0.357. The Bertz CT molecular complexity index is 722. The van der Waals surface area contributed by atoms with Crippen molar-refractivity contribution in [2.24, 2.45) is 0 Å². The van der Waals surface area contributed by atoms with Crippen molar-refractivity contribution in [3.63, 3.8) is 0 Å². The van der Waals surface area contributed by atoms with Crippen LogP contribution in [0.1, 0.15) is 31.2 Å². The normalized spacial score (nSPS) is 13.9. The molecule has 2 aromatic carbocycles. The lowest BCUT2D eigenvalue weighted by atomic mass is 10.2. The van der Waals surface area contributed by atoms with Crippen LogP contribution < -0.4 is 24.3 Å². The maximum absolute atomic E-state index is 5.90. The zero-order chi connectivity index (χ0) is 21.0. The highest BCUT2D eigenvalue weighted by Crippen LogP contribution is 2.29. The summed E-state index contributed by atoms with van der Waals surface area (Å²) in [7, 11) is 3.28. The quantitative estimate of drug-likeness (QED) is 0.495. The van der Waals surface area contributed by atoms with Crippen LogP contribution >= 0.6 is 0 Å². The minimum Gasteiger partial charge on any atom is -0.496 e. The van der Waals surface area contributed by atoms with Gasteiger partial charge in [-0.2, -0.15) is 0 Å². The molecule has 1 N–H and O–H groups in total. The van der Waals surface area contributed by atoms with Gasteiger partial charge < -0.3 is 29.0 Å². The molecule has 0 spiro atoms. The molecular weight excluding hydrogens is 382 g/mol. The molecule has 0 bridgehead atoms. The fraction of sp³-hybridized carbons (Fsp3) is 0.500. The summed E-state index contributed by atoms with van der Waals surface area (Å²) in [6.07, 6.45) is 5.31. The van der Waals surface area contributed by atoms with E-state index >= 15 is 0 Å². The average molecular weight is 416 g/mol. The number of hydrogen-bond donors (Lipinski definition) is 1. The maximum Gasteiger partial charge on any atom is 0.129 e. The smallest absolute Gasteiger partial charge is 0.129 e. The van der Waals surface area contributed by atoms with Crippen LogP contribution in [0.5, 0.6) is 23.0 Å². The lowest BCUT2D eigenvalue weighted by Gasteiger charge is -2.14. The van der Waals surface area contributed by atoms with E-state index in [1.807, 2.05) is 42.5 Å². The molecule has 2 aromatic rings. The Morgan fingerprint density at radius 3 is 2.07 bits per heavy atom. The summed E-state index contributed by atoms with van der Waals surface area (Å²) in [5, 5.41) is 3.54. The molecule has 0 unspecified atom stereocenters. The van der Waals surface area contributed by atoms with Crippen molar-refractivity contribution in [3.05, 3.63) is 48.0 Å². The van der Waals surface area contributed by atoms with E-state index in [9.17, 15) is 0 Å². The van der Waals surface area contributed by atoms with E-state index in [1.165, 1.54) is 25.7 Å². The molecule has 30 heavy (non-hydrogen) atoms. The third-order valence-electron chi connectivity index (χ3n) is 5.27. The first-order chi connectivity index (χ1) is 14.8. The van der Waals surface area contributed by atoms with Gasteiger partial charge in [-0.25, -0.2) is 0 Å². The summed E-state index contributed by atoms with van der Waals surface area (Å²) >= 11 is 0. The van der Waals surface area contributed by atoms with Gasteiger partial charge in [0.25, 0.3) is 0 Å². The van der Waals surface area contributed by atoms with Gasteiger partial charge >= 0.3 is 0 Å². The fourth-order valence-corrected chi connectivity index (χ4v) is 3.64. The van der Waals surface area contributed by atoms with E-state index in [4.69, 9.17) is 23.7 Å². The van der Waals surface area contributed by atoms with Crippen molar-refractivity contribution in [2.45, 2.75) is 38.3 Å².